The normalized spacial score (nSPS) is 25.1. The number of hydrogen-bond acceptors (Lipinski definition) is 7. The number of pyridine rings is 1. The fourth-order valence-corrected chi connectivity index (χ4v) is 7.70. The van der Waals surface area contributed by atoms with Gasteiger partial charge in [-0.05, 0) is 67.7 Å². The lowest BCUT2D eigenvalue weighted by Crippen LogP contribution is -2.48. The van der Waals surface area contributed by atoms with E-state index >= 15 is 0 Å². The van der Waals surface area contributed by atoms with Gasteiger partial charge in [-0.25, -0.2) is 9.78 Å². The number of ether oxygens (including phenoxy) is 1. The quantitative estimate of drug-likeness (QED) is 0.172. The molecule has 3 atom stereocenters. The minimum Gasteiger partial charge on any atom is -0.476 e. The van der Waals surface area contributed by atoms with E-state index in [-0.39, 0.29) is 22.6 Å². The minimum atomic E-state index is -1.13. The number of carboxylic acids is 1. The third kappa shape index (κ3) is 5.77. The number of anilines is 1. The summed E-state index contributed by atoms with van der Waals surface area (Å²) in [5.41, 5.74) is 12.1. The highest BCUT2D eigenvalue weighted by Crippen LogP contribution is 2.66. The monoisotopic (exact) mass is 584 g/mol. The molecule has 0 amide bonds. The lowest BCUT2D eigenvalue weighted by Gasteiger charge is -2.55. The summed E-state index contributed by atoms with van der Waals surface area (Å²) in [6.07, 6.45) is 10.8. The van der Waals surface area contributed by atoms with Gasteiger partial charge < -0.3 is 20.5 Å². The summed E-state index contributed by atoms with van der Waals surface area (Å²) in [6.45, 7) is 11.2. The predicted molar refractivity (Wildman–Crippen MR) is 171 cm³/mol. The summed E-state index contributed by atoms with van der Waals surface area (Å²) in [5, 5.41) is 10.2. The molecular formula is C35H44N4O4. The molecule has 1 saturated carbocycles. The van der Waals surface area contributed by atoms with Crippen LogP contribution in [0.4, 0.5) is 5.82 Å². The van der Waals surface area contributed by atoms with Crippen molar-refractivity contribution >= 4 is 29.4 Å². The molecule has 228 valence electrons. The molecule has 0 saturated heterocycles. The van der Waals surface area contributed by atoms with Gasteiger partial charge in [0.15, 0.2) is 5.69 Å². The van der Waals surface area contributed by atoms with Gasteiger partial charge in [-0.3, -0.25) is 9.79 Å². The molecule has 3 aliphatic rings. The Morgan fingerprint density at radius 1 is 1.26 bits per heavy atom. The van der Waals surface area contributed by atoms with Crippen molar-refractivity contribution in [3.05, 3.63) is 76.1 Å². The van der Waals surface area contributed by atoms with Crippen molar-refractivity contribution in [2.24, 2.45) is 21.6 Å². The first kappa shape index (κ1) is 30.7. The van der Waals surface area contributed by atoms with Crippen molar-refractivity contribution in [1.29, 1.82) is 0 Å². The zero-order valence-corrected chi connectivity index (χ0v) is 25.9. The van der Waals surface area contributed by atoms with E-state index in [2.05, 4.69) is 31.8 Å². The second-order valence-electron chi connectivity index (χ2n) is 12.6. The smallest absolute Gasteiger partial charge is 0.355 e. The van der Waals surface area contributed by atoms with E-state index in [1.54, 1.807) is 6.07 Å². The molecule has 5 rings (SSSR count). The molecule has 8 nitrogen and oxygen atoms in total. The van der Waals surface area contributed by atoms with Gasteiger partial charge in [-0.1, -0.05) is 57.0 Å². The van der Waals surface area contributed by atoms with Crippen molar-refractivity contribution in [1.82, 2.24) is 4.98 Å². The van der Waals surface area contributed by atoms with Gasteiger partial charge >= 0.3 is 5.97 Å². The summed E-state index contributed by atoms with van der Waals surface area (Å²) >= 11 is 0. The Kier molecular flexibility index (Phi) is 8.88. The Morgan fingerprint density at radius 2 is 2.07 bits per heavy atom. The molecule has 0 radical (unpaired) electrons. The maximum absolute atomic E-state index is 12.5. The standard InChI is InChI=1S/C35H44N4O4/c1-5-13-34(4)21-35(17-26(16-30(34)35)43-15-6-2)22-37-23(3)28(18-36)27-10-11-31(38-32(27)33(41)42)39-14-12-24-8-7-9-25(20-40)29(24)19-39/h7-11,16,18,20,26H,5-6,12-15,17,19,21-22,36H2,1-4H3,(H,41,42). The minimum absolute atomic E-state index is 0.0219. The van der Waals surface area contributed by atoms with Crippen LogP contribution in [0.2, 0.25) is 0 Å². The highest BCUT2D eigenvalue weighted by atomic mass is 16.5. The molecular weight excluding hydrogens is 540 g/mol. The Bertz CT molecular complexity index is 1490. The summed E-state index contributed by atoms with van der Waals surface area (Å²) in [4.78, 5) is 35.7. The van der Waals surface area contributed by atoms with E-state index in [4.69, 9.17) is 15.5 Å². The van der Waals surface area contributed by atoms with E-state index in [0.717, 1.165) is 62.5 Å². The fourth-order valence-electron chi connectivity index (χ4n) is 7.70. The van der Waals surface area contributed by atoms with Crippen LogP contribution in [-0.2, 0) is 17.7 Å². The largest absolute Gasteiger partial charge is 0.476 e. The number of allylic oxidation sites excluding steroid dienone is 1. The Balaban J connectivity index is 1.39. The van der Waals surface area contributed by atoms with E-state index in [9.17, 15) is 14.7 Å². The topological polar surface area (TPSA) is 118 Å². The molecule has 0 spiro atoms. The third-order valence-electron chi connectivity index (χ3n) is 9.54. The molecule has 1 fully saturated rings. The van der Waals surface area contributed by atoms with Crippen LogP contribution in [0.1, 0.15) is 97.3 Å². The molecule has 3 unspecified atom stereocenters. The first-order chi connectivity index (χ1) is 20.7. The van der Waals surface area contributed by atoms with Crippen molar-refractivity contribution in [3.8, 4) is 0 Å². The van der Waals surface area contributed by atoms with E-state index < -0.39 is 5.97 Å². The Hall–Kier alpha value is -3.78. The molecule has 2 heterocycles. The van der Waals surface area contributed by atoms with Gasteiger partial charge in [0.05, 0.1) is 6.10 Å². The van der Waals surface area contributed by atoms with Crippen LogP contribution in [0.15, 0.2) is 53.2 Å². The Morgan fingerprint density at radius 3 is 2.77 bits per heavy atom. The third-order valence-corrected chi connectivity index (χ3v) is 9.54. The number of aldehydes is 1. The van der Waals surface area contributed by atoms with E-state index in [1.165, 1.54) is 11.8 Å². The van der Waals surface area contributed by atoms with Crippen molar-refractivity contribution in [2.75, 3.05) is 24.6 Å². The van der Waals surface area contributed by atoms with E-state index in [1.807, 2.05) is 36.1 Å². The molecule has 2 aliphatic carbocycles. The number of nitrogens with two attached hydrogens (primary N) is 1. The van der Waals surface area contributed by atoms with Gasteiger partial charge in [0.25, 0.3) is 0 Å². The predicted octanol–water partition coefficient (Wildman–Crippen LogP) is 6.24. The number of carbonyl (C=O) groups excluding carboxylic acids is 1. The van der Waals surface area contributed by atoms with Crippen LogP contribution in [0.3, 0.4) is 0 Å². The molecule has 3 N–H and O–H groups in total. The molecule has 2 aromatic rings. The number of rotatable bonds is 12. The van der Waals surface area contributed by atoms with Crippen molar-refractivity contribution < 1.29 is 19.4 Å². The SMILES string of the molecule is CCCOC1C=C2C(C)(CCC)CC2(CN=C(C)C(=CN)c2ccc(N3CCc4cccc(C=O)c4C3)nc2C(=O)O)C1. The molecule has 8 heteroatoms. The molecule has 0 bridgehead atoms. The average molecular weight is 585 g/mol. The first-order valence-electron chi connectivity index (χ1n) is 15.5. The second-order valence-corrected chi connectivity index (χ2v) is 12.6. The number of fused-ring (bicyclic) bond motifs is 2. The molecule has 1 aliphatic heterocycles. The van der Waals surface area contributed by atoms with Crippen LogP contribution in [0.25, 0.3) is 5.57 Å². The number of aromatic nitrogens is 1. The van der Waals surface area contributed by atoms with Gasteiger partial charge in [0.2, 0.25) is 0 Å². The van der Waals surface area contributed by atoms with Crippen molar-refractivity contribution in [2.45, 2.75) is 78.9 Å². The number of aliphatic imine (C=N–C) groups is 1. The number of aromatic carboxylic acids is 1. The second kappa shape index (κ2) is 12.4. The maximum atomic E-state index is 12.5. The van der Waals surface area contributed by atoms with Crippen LogP contribution in [0, 0.1) is 10.8 Å². The first-order valence-corrected chi connectivity index (χ1v) is 15.5. The average Bonchev–Trinajstić information content (AvgIpc) is 3.32. The summed E-state index contributed by atoms with van der Waals surface area (Å²) in [7, 11) is 0. The molecule has 1 aromatic heterocycles. The summed E-state index contributed by atoms with van der Waals surface area (Å²) < 4.78 is 6.16. The summed E-state index contributed by atoms with van der Waals surface area (Å²) in [5.74, 6) is -0.569. The Labute approximate surface area is 254 Å². The maximum Gasteiger partial charge on any atom is 0.355 e. The lowest BCUT2D eigenvalue weighted by atomic mass is 9.49. The zero-order valence-electron chi connectivity index (χ0n) is 25.9. The van der Waals surface area contributed by atoms with Gasteiger partial charge in [-0.2, -0.15) is 0 Å². The van der Waals surface area contributed by atoms with Crippen LogP contribution in [-0.4, -0.2) is 53.9 Å². The summed E-state index contributed by atoms with van der Waals surface area (Å²) in [6, 6.07) is 9.36. The molecule has 43 heavy (non-hydrogen) atoms. The zero-order chi connectivity index (χ0) is 30.8. The van der Waals surface area contributed by atoms with Crippen LogP contribution in [0.5, 0.6) is 0 Å². The van der Waals surface area contributed by atoms with Gasteiger partial charge in [0, 0.05) is 60.3 Å². The molecule has 1 aromatic carbocycles. The number of carboxylic acid groups (broad SMARTS) is 1. The highest BCUT2D eigenvalue weighted by Gasteiger charge is 2.59. The number of hydrogen-bond donors (Lipinski definition) is 2. The number of benzene rings is 1. The number of nitrogens with zero attached hydrogens (tertiary/aromatic N) is 3. The fraction of sp³-hybridized carbons (Fsp3) is 0.486. The lowest BCUT2D eigenvalue weighted by molar-refractivity contribution is 0.0301. The van der Waals surface area contributed by atoms with E-state index in [0.29, 0.717) is 47.9 Å². The van der Waals surface area contributed by atoms with Gasteiger partial charge in [0.1, 0.15) is 12.1 Å². The number of carbonyl (C=O) groups is 2. The van der Waals surface area contributed by atoms with Crippen molar-refractivity contribution in [3.63, 3.8) is 0 Å². The highest BCUT2D eigenvalue weighted by molar-refractivity contribution is 6.24. The van der Waals surface area contributed by atoms with Gasteiger partial charge in [-0.15, -0.1) is 0 Å². The van der Waals surface area contributed by atoms with Crippen LogP contribution < -0.4 is 10.6 Å². The van der Waals surface area contributed by atoms with Crippen LogP contribution >= 0.6 is 0 Å².